The molecule has 2 atom stereocenters. The number of thiophene rings is 2. The van der Waals surface area contributed by atoms with Gasteiger partial charge in [0.15, 0.2) is 0 Å². The van der Waals surface area contributed by atoms with Gasteiger partial charge in [0.1, 0.15) is 34.0 Å². The summed E-state index contributed by atoms with van der Waals surface area (Å²) in [6.07, 6.45) is 11.4. The van der Waals surface area contributed by atoms with Crippen LogP contribution >= 0.6 is 22.7 Å². The zero-order valence-corrected chi connectivity index (χ0v) is 31.1. The third kappa shape index (κ3) is 6.49. The highest BCUT2D eigenvalue weighted by Gasteiger charge is 2.31. The number of aliphatic imine (C=N–C) groups is 2. The summed E-state index contributed by atoms with van der Waals surface area (Å²) in [4.78, 5) is 54.2. The van der Waals surface area contributed by atoms with Gasteiger partial charge in [0, 0.05) is 33.6 Å². The van der Waals surface area contributed by atoms with Crippen LogP contribution in [0.3, 0.4) is 0 Å². The third-order valence-corrected chi connectivity index (χ3v) is 12.8. The number of hydrogen-bond donors (Lipinski definition) is 3. The minimum atomic E-state index is -0.711. The lowest BCUT2D eigenvalue weighted by molar-refractivity contribution is -0.148. The summed E-state index contributed by atoms with van der Waals surface area (Å²) in [6.45, 7) is 3.78. The van der Waals surface area contributed by atoms with E-state index in [4.69, 9.17) is 4.74 Å². The van der Waals surface area contributed by atoms with Crippen molar-refractivity contribution in [1.82, 2.24) is 19.9 Å². The Morgan fingerprint density at radius 1 is 0.759 bits per heavy atom. The van der Waals surface area contributed by atoms with Gasteiger partial charge in [-0.1, -0.05) is 12.1 Å². The van der Waals surface area contributed by atoms with E-state index in [9.17, 15) is 14.7 Å². The van der Waals surface area contributed by atoms with E-state index in [1.54, 1.807) is 35.3 Å². The number of carboxylic acids is 1. The second-order valence-electron chi connectivity index (χ2n) is 13.8. The molecule has 14 heteroatoms. The first-order valence-corrected chi connectivity index (χ1v) is 19.7. The Kier molecular flexibility index (Phi) is 9.07. The zero-order chi connectivity index (χ0) is 36.8. The van der Waals surface area contributed by atoms with Gasteiger partial charge in [0.25, 0.3) is 0 Å². The standard InChI is InChI=1S/C21H20N4O2S.C19H16N4O2S/c1-2-27-21(26)12-4-6-16-17(8-12)28-20-18(16)19(23-11-24-20)25-15-5-3-13-9-22-10-14(13)7-15;24-19(25)10-2-4-14-15(6-10)26-18-16(14)17(21-9-22-18)23-13-3-1-11-7-20-8-12(11)5-13/h3,5,7,10-12H,2,4,6,8-9H2,1H3,(H,23,24,25);1,3,5,8-10H,2,4,6-7H2,(H,24,25)(H,21,22,23)/t12-;10-/m00/s1. The molecule has 0 fully saturated rings. The zero-order valence-electron chi connectivity index (χ0n) is 29.5. The molecule has 2 aliphatic heterocycles. The number of aliphatic carboxylic acids is 1. The maximum atomic E-state index is 12.2. The maximum absolute atomic E-state index is 12.2. The highest BCUT2D eigenvalue weighted by Crippen LogP contribution is 2.42. The number of ether oxygens (including phenoxy) is 1. The van der Waals surface area contributed by atoms with E-state index in [1.165, 1.54) is 27.1 Å². The van der Waals surface area contributed by atoms with Crippen molar-refractivity contribution in [3.05, 3.63) is 92.2 Å². The summed E-state index contributed by atoms with van der Waals surface area (Å²) in [5.41, 5.74) is 9.20. The van der Waals surface area contributed by atoms with E-state index >= 15 is 0 Å². The molecule has 0 bridgehead atoms. The van der Waals surface area contributed by atoms with E-state index in [1.807, 2.05) is 25.4 Å². The number of anilines is 4. The van der Waals surface area contributed by atoms with Crippen LogP contribution in [-0.2, 0) is 53.1 Å². The lowest BCUT2D eigenvalue weighted by Crippen LogP contribution is -2.23. The molecular formula is C40H36N8O4S2. The van der Waals surface area contributed by atoms with Gasteiger partial charge < -0.3 is 20.5 Å². The molecule has 0 spiro atoms. The van der Waals surface area contributed by atoms with Crippen LogP contribution in [0.1, 0.15) is 62.9 Å². The number of fused-ring (bicyclic) bond motifs is 8. The van der Waals surface area contributed by atoms with Crippen LogP contribution < -0.4 is 10.6 Å². The van der Waals surface area contributed by atoms with Gasteiger partial charge in [0.05, 0.1) is 42.3 Å². The van der Waals surface area contributed by atoms with Crippen molar-refractivity contribution in [2.75, 3.05) is 17.2 Å². The second kappa shape index (κ2) is 14.3. The summed E-state index contributed by atoms with van der Waals surface area (Å²) in [7, 11) is 0. The first-order valence-electron chi connectivity index (χ1n) is 18.1. The van der Waals surface area contributed by atoms with Crippen LogP contribution in [-0.4, -0.2) is 56.0 Å². The fraction of sp³-hybridized carbons (Fsp3) is 0.300. The Hall–Kier alpha value is -5.60. The number of esters is 1. The van der Waals surface area contributed by atoms with Gasteiger partial charge in [0.2, 0.25) is 0 Å². The normalized spacial score (nSPS) is 17.6. The summed E-state index contributed by atoms with van der Waals surface area (Å²) in [6, 6.07) is 12.5. The van der Waals surface area contributed by atoms with E-state index < -0.39 is 5.97 Å². The lowest BCUT2D eigenvalue weighted by Gasteiger charge is -2.20. The van der Waals surface area contributed by atoms with Gasteiger partial charge in [-0.05, 0) is 103 Å². The summed E-state index contributed by atoms with van der Waals surface area (Å²) in [5.74, 6) is 0.465. The molecule has 0 unspecified atom stereocenters. The van der Waals surface area contributed by atoms with Crippen molar-refractivity contribution in [2.24, 2.45) is 21.8 Å². The van der Waals surface area contributed by atoms with E-state index in [0.717, 1.165) is 98.2 Å². The Morgan fingerprint density at radius 2 is 1.28 bits per heavy atom. The first kappa shape index (κ1) is 34.2. The van der Waals surface area contributed by atoms with Gasteiger partial charge >= 0.3 is 11.9 Å². The van der Waals surface area contributed by atoms with Crippen molar-refractivity contribution in [3.8, 4) is 0 Å². The van der Waals surface area contributed by atoms with Crippen molar-refractivity contribution in [2.45, 2.75) is 58.5 Å². The highest BCUT2D eigenvalue weighted by molar-refractivity contribution is 7.19. The number of rotatable bonds is 7. The quantitative estimate of drug-likeness (QED) is 0.138. The van der Waals surface area contributed by atoms with Gasteiger partial charge in [-0.2, -0.15) is 0 Å². The predicted octanol–water partition coefficient (Wildman–Crippen LogP) is 7.59. The number of aryl methyl sites for hydroxylation is 2. The van der Waals surface area contributed by atoms with Crippen LogP contribution in [0, 0.1) is 11.8 Å². The molecule has 6 heterocycles. The number of nitrogens with one attached hydrogen (secondary N) is 2. The fourth-order valence-corrected chi connectivity index (χ4v) is 10.2. The first-order chi connectivity index (χ1) is 26.4. The number of benzene rings is 2. The molecule has 2 aromatic carbocycles. The molecule has 4 aromatic heterocycles. The summed E-state index contributed by atoms with van der Waals surface area (Å²) in [5, 5.41) is 18.3. The predicted molar refractivity (Wildman–Crippen MR) is 212 cm³/mol. The van der Waals surface area contributed by atoms with Crippen molar-refractivity contribution < 1.29 is 19.4 Å². The molecule has 0 radical (unpaired) electrons. The minimum Gasteiger partial charge on any atom is -0.481 e. The summed E-state index contributed by atoms with van der Waals surface area (Å²) >= 11 is 3.25. The maximum Gasteiger partial charge on any atom is 0.309 e. The molecule has 0 saturated heterocycles. The number of hydrogen-bond acceptors (Lipinski definition) is 13. The largest absolute Gasteiger partial charge is 0.481 e. The molecule has 0 amide bonds. The Bertz CT molecular complexity index is 2530. The van der Waals surface area contributed by atoms with Gasteiger partial charge in [-0.15, -0.1) is 22.7 Å². The van der Waals surface area contributed by atoms with Crippen LogP contribution in [0.25, 0.3) is 20.4 Å². The van der Waals surface area contributed by atoms with Crippen LogP contribution in [0.2, 0.25) is 0 Å². The molecular weight excluding hydrogens is 721 g/mol. The number of carbonyl (C=O) groups excluding carboxylic acids is 1. The van der Waals surface area contributed by atoms with E-state index in [2.05, 4.69) is 70.9 Å². The molecule has 54 heavy (non-hydrogen) atoms. The Morgan fingerprint density at radius 3 is 1.80 bits per heavy atom. The highest BCUT2D eigenvalue weighted by atomic mass is 32.1. The molecule has 272 valence electrons. The smallest absolute Gasteiger partial charge is 0.309 e. The Labute approximate surface area is 318 Å². The monoisotopic (exact) mass is 756 g/mol. The lowest BCUT2D eigenvalue weighted by atomic mass is 9.88. The third-order valence-electron chi connectivity index (χ3n) is 10.5. The molecule has 0 saturated carbocycles. The number of aromatic nitrogens is 4. The Balaban J connectivity index is 0.000000143. The fourth-order valence-electron chi connectivity index (χ4n) is 7.71. The molecule has 6 aromatic rings. The van der Waals surface area contributed by atoms with Gasteiger partial charge in [-0.3, -0.25) is 19.6 Å². The average Bonchev–Trinajstić information content (AvgIpc) is 3.99. The minimum absolute atomic E-state index is 0.0547. The SMILES string of the molecule is CCOC(=O)[C@H]1CCc2c(sc3ncnc(Nc4ccc5c(c4)C=NC5)c23)C1.O=C(O)[C@H]1CCc2c(sc3ncnc(Nc4ccc5c(c4)C=NC5)c23)C1. The van der Waals surface area contributed by atoms with Crippen molar-refractivity contribution in [1.29, 1.82) is 0 Å². The average molecular weight is 757 g/mol. The molecule has 2 aliphatic carbocycles. The van der Waals surface area contributed by atoms with Crippen molar-refractivity contribution >= 4 is 90.5 Å². The number of carbonyl (C=O) groups is 2. The second-order valence-corrected chi connectivity index (χ2v) is 16.0. The van der Waals surface area contributed by atoms with E-state index in [-0.39, 0.29) is 17.8 Å². The van der Waals surface area contributed by atoms with Crippen LogP contribution in [0.5, 0.6) is 0 Å². The van der Waals surface area contributed by atoms with Gasteiger partial charge in [-0.25, -0.2) is 19.9 Å². The van der Waals surface area contributed by atoms with Crippen molar-refractivity contribution in [3.63, 3.8) is 0 Å². The molecule has 10 rings (SSSR count). The summed E-state index contributed by atoms with van der Waals surface area (Å²) < 4.78 is 5.22. The molecule has 4 aliphatic rings. The van der Waals surface area contributed by atoms with E-state index in [0.29, 0.717) is 19.4 Å². The number of carboxylic acid groups (broad SMARTS) is 1. The molecule has 12 nitrogen and oxygen atoms in total. The molecule has 3 N–H and O–H groups in total. The van der Waals surface area contributed by atoms with Crippen LogP contribution in [0.4, 0.5) is 23.0 Å². The number of nitrogens with zero attached hydrogens (tertiary/aromatic N) is 6. The van der Waals surface area contributed by atoms with Crippen LogP contribution in [0.15, 0.2) is 59.0 Å². The topological polar surface area (TPSA) is 164 Å².